The minimum Gasteiger partial charge on any atom is -0.481 e. The average Bonchev–Trinajstić information content (AvgIpc) is 2.34. The Hall–Kier alpha value is -1.55. The summed E-state index contributed by atoms with van der Waals surface area (Å²) < 4.78 is 10.4. The van der Waals surface area contributed by atoms with Gasteiger partial charge in [-0.05, 0) is 12.5 Å². The Bertz CT molecular complexity index is 316. The Kier molecular flexibility index (Phi) is 6.03. The van der Waals surface area contributed by atoms with Crippen LogP contribution >= 0.6 is 0 Å². The number of methoxy groups -OCH3 is 1. The van der Waals surface area contributed by atoms with Gasteiger partial charge in [0.05, 0.1) is 20.3 Å². The summed E-state index contributed by atoms with van der Waals surface area (Å²) in [6.07, 6.45) is 4.45. The molecule has 1 N–H and O–H groups in total. The fraction of sp³-hybridized carbons (Fsp3) is 0.417. The lowest BCUT2D eigenvalue weighted by Crippen LogP contribution is -2.09. The van der Waals surface area contributed by atoms with E-state index in [1.807, 2.05) is 18.2 Å². The number of hydrogen-bond donors (Lipinski definition) is 1. The molecule has 0 unspecified atom stereocenters. The van der Waals surface area contributed by atoms with E-state index in [0.29, 0.717) is 12.5 Å². The van der Waals surface area contributed by atoms with Crippen LogP contribution in [-0.2, 0) is 4.74 Å². The molecular weight excluding hydrogens is 204 g/mol. The molecule has 4 heteroatoms. The van der Waals surface area contributed by atoms with E-state index in [1.165, 1.54) is 0 Å². The van der Waals surface area contributed by atoms with Crippen molar-refractivity contribution in [2.75, 3.05) is 32.2 Å². The van der Waals surface area contributed by atoms with Crippen molar-refractivity contribution in [1.29, 1.82) is 0 Å². The van der Waals surface area contributed by atoms with Gasteiger partial charge in [0.25, 0.3) is 0 Å². The van der Waals surface area contributed by atoms with Crippen molar-refractivity contribution in [3.63, 3.8) is 0 Å². The topological polar surface area (TPSA) is 43.4 Å². The van der Waals surface area contributed by atoms with Gasteiger partial charge in [0, 0.05) is 24.5 Å². The van der Waals surface area contributed by atoms with Crippen LogP contribution in [0.2, 0.25) is 0 Å². The number of aromatic nitrogens is 1. The van der Waals surface area contributed by atoms with Gasteiger partial charge in [0.15, 0.2) is 0 Å². The molecule has 0 spiro atoms. The molecule has 1 aromatic heterocycles. The van der Waals surface area contributed by atoms with Gasteiger partial charge in [-0.3, -0.25) is 0 Å². The molecule has 88 valence electrons. The molecule has 0 radical (unpaired) electrons. The smallest absolute Gasteiger partial charge is 0.214 e. The maximum atomic E-state index is 5.37. The quantitative estimate of drug-likeness (QED) is 0.540. The molecule has 0 amide bonds. The molecule has 0 aliphatic heterocycles. The number of ether oxygens (including phenoxy) is 2. The maximum Gasteiger partial charge on any atom is 0.214 e. The maximum absolute atomic E-state index is 5.37. The highest BCUT2D eigenvalue weighted by Crippen LogP contribution is 2.12. The second-order valence-corrected chi connectivity index (χ2v) is 3.20. The molecule has 4 nitrogen and oxygen atoms in total. The van der Waals surface area contributed by atoms with Crippen LogP contribution in [0.3, 0.4) is 0 Å². The Morgan fingerprint density at radius 1 is 1.50 bits per heavy atom. The van der Waals surface area contributed by atoms with Gasteiger partial charge in [0.2, 0.25) is 5.88 Å². The number of anilines is 1. The van der Waals surface area contributed by atoms with E-state index in [0.717, 1.165) is 25.3 Å². The third kappa shape index (κ3) is 4.79. The fourth-order valence-electron chi connectivity index (χ4n) is 1.17. The van der Waals surface area contributed by atoms with Gasteiger partial charge in [0.1, 0.15) is 0 Å². The van der Waals surface area contributed by atoms with E-state index in [4.69, 9.17) is 9.47 Å². The molecule has 0 atom stereocenters. The molecule has 1 aromatic rings. The largest absolute Gasteiger partial charge is 0.481 e. The fourth-order valence-corrected chi connectivity index (χ4v) is 1.17. The number of hydrogen-bond acceptors (Lipinski definition) is 4. The summed E-state index contributed by atoms with van der Waals surface area (Å²) in [6.45, 7) is 5.80. The zero-order valence-corrected chi connectivity index (χ0v) is 9.61. The highest BCUT2D eigenvalue weighted by Gasteiger charge is 1.95. The predicted molar refractivity (Wildman–Crippen MR) is 64.9 cm³/mol. The van der Waals surface area contributed by atoms with Crippen molar-refractivity contribution in [3.05, 3.63) is 31.0 Å². The first-order chi connectivity index (χ1) is 7.86. The van der Waals surface area contributed by atoms with Crippen LogP contribution < -0.4 is 10.1 Å². The monoisotopic (exact) mass is 222 g/mol. The van der Waals surface area contributed by atoms with Crippen LogP contribution in [0.25, 0.3) is 0 Å². The zero-order valence-electron chi connectivity index (χ0n) is 9.61. The van der Waals surface area contributed by atoms with Gasteiger partial charge < -0.3 is 14.8 Å². The summed E-state index contributed by atoms with van der Waals surface area (Å²) in [5, 5.41) is 3.23. The van der Waals surface area contributed by atoms with E-state index in [9.17, 15) is 0 Å². The van der Waals surface area contributed by atoms with Gasteiger partial charge in [-0.15, -0.1) is 6.58 Å². The van der Waals surface area contributed by atoms with Crippen LogP contribution in [-0.4, -0.2) is 31.9 Å². The summed E-state index contributed by atoms with van der Waals surface area (Å²) >= 11 is 0. The normalized spacial score (nSPS) is 9.81. The minimum absolute atomic E-state index is 0.609. The molecule has 1 rings (SSSR count). The van der Waals surface area contributed by atoms with Crippen LogP contribution in [0.1, 0.15) is 6.42 Å². The molecule has 1 heterocycles. The van der Waals surface area contributed by atoms with Crippen LogP contribution in [0.5, 0.6) is 5.88 Å². The second kappa shape index (κ2) is 7.70. The third-order valence-corrected chi connectivity index (χ3v) is 1.99. The number of pyridine rings is 1. The van der Waals surface area contributed by atoms with Gasteiger partial charge in [-0.2, -0.15) is 0 Å². The Morgan fingerprint density at radius 3 is 3.12 bits per heavy atom. The molecule has 0 aliphatic carbocycles. The first kappa shape index (κ1) is 12.5. The molecule has 0 fully saturated rings. The standard InChI is InChI=1S/C12H18N2O2/c1-3-4-8-16-9-7-13-11-5-6-14-12(10-11)15-2/h3,5-6,10H,1,4,7-9H2,2H3,(H,13,14). The van der Waals surface area contributed by atoms with E-state index >= 15 is 0 Å². The van der Waals surface area contributed by atoms with E-state index in [-0.39, 0.29) is 0 Å². The van der Waals surface area contributed by atoms with Crippen LogP contribution in [0.4, 0.5) is 5.69 Å². The third-order valence-electron chi connectivity index (χ3n) is 1.99. The first-order valence-electron chi connectivity index (χ1n) is 5.29. The summed E-state index contributed by atoms with van der Waals surface area (Å²) in [5.41, 5.74) is 0.985. The molecule has 0 aliphatic rings. The SMILES string of the molecule is C=CCCOCCNc1ccnc(OC)c1. The molecule has 0 bridgehead atoms. The number of rotatable bonds is 8. The second-order valence-electron chi connectivity index (χ2n) is 3.20. The molecular formula is C12H18N2O2. The summed E-state index contributed by atoms with van der Waals surface area (Å²) in [4.78, 5) is 4.02. The molecule has 16 heavy (non-hydrogen) atoms. The van der Waals surface area contributed by atoms with Gasteiger partial charge in [-0.1, -0.05) is 6.08 Å². The lowest BCUT2D eigenvalue weighted by atomic mass is 10.4. The van der Waals surface area contributed by atoms with Crippen molar-refractivity contribution in [3.8, 4) is 5.88 Å². The molecule has 0 aromatic carbocycles. The first-order valence-corrected chi connectivity index (χ1v) is 5.29. The highest BCUT2D eigenvalue weighted by atomic mass is 16.5. The van der Waals surface area contributed by atoms with Crippen molar-refractivity contribution < 1.29 is 9.47 Å². The highest BCUT2D eigenvalue weighted by molar-refractivity contribution is 5.44. The predicted octanol–water partition coefficient (Wildman–Crippen LogP) is 2.09. The van der Waals surface area contributed by atoms with Crippen molar-refractivity contribution in [2.24, 2.45) is 0 Å². The van der Waals surface area contributed by atoms with E-state index in [1.54, 1.807) is 13.3 Å². The summed E-state index contributed by atoms with van der Waals surface area (Å²) in [5.74, 6) is 0.609. The van der Waals surface area contributed by atoms with Gasteiger partial charge in [-0.25, -0.2) is 4.98 Å². The van der Waals surface area contributed by atoms with E-state index < -0.39 is 0 Å². The lowest BCUT2D eigenvalue weighted by molar-refractivity contribution is 0.149. The zero-order chi connectivity index (χ0) is 11.6. The summed E-state index contributed by atoms with van der Waals surface area (Å²) in [7, 11) is 1.60. The minimum atomic E-state index is 0.609. The average molecular weight is 222 g/mol. The molecule has 0 saturated carbocycles. The Labute approximate surface area is 96.3 Å². The number of nitrogens with zero attached hydrogens (tertiary/aromatic N) is 1. The summed E-state index contributed by atoms with van der Waals surface area (Å²) in [6, 6.07) is 3.75. The Balaban J connectivity index is 2.18. The Morgan fingerprint density at radius 2 is 2.38 bits per heavy atom. The van der Waals surface area contributed by atoms with Gasteiger partial charge >= 0.3 is 0 Å². The van der Waals surface area contributed by atoms with Crippen molar-refractivity contribution >= 4 is 5.69 Å². The van der Waals surface area contributed by atoms with Crippen molar-refractivity contribution in [1.82, 2.24) is 4.98 Å². The molecule has 0 saturated heterocycles. The number of nitrogens with one attached hydrogen (secondary N) is 1. The van der Waals surface area contributed by atoms with Crippen LogP contribution in [0.15, 0.2) is 31.0 Å². The lowest BCUT2D eigenvalue weighted by Gasteiger charge is -2.07. The van der Waals surface area contributed by atoms with Crippen LogP contribution in [0, 0.1) is 0 Å². The van der Waals surface area contributed by atoms with E-state index in [2.05, 4.69) is 16.9 Å². The van der Waals surface area contributed by atoms with Crippen molar-refractivity contribution in [2.45, 2.75) is 6.42 Å².